The van der Waals surface area contributed by atoms with E-state index in [4.69, 9.17) is 14.0 Å². The zero-order valence-electron chi connectivity index (χ0n) is 17.7. The van der Waals surface area contributed by atoms with Gasteiger partial charge >= 0.3 is 0 Å². The zero-order chi connectivity index (χ0) is 21.5. The van der Waals surface area contributed by atoms with Crippen LogP contribution in [-0.2, 0) is 0 Å². The summed E-state index contributed by atoms with van der Waals surface area (Å²) in [5.41, 5.74) is 2.15. The first-order chi connectivity index (χ1) is 14.5. The standard InChI is InChI=1S/C23H27N3O4/c1-5-29-19-12-6-16(7-13-19)21(26(2)3)15-24-23(27)20-14-22(30-25-20)17-8-10-18(28-4)11-9-17/h6-14,21H,5,15H2,1-4H3,(H,24,27)/t21-/m0/s1. The Bertz CT molecular complexity index is 949. The number of ether oxygens (including phenoxy) is 2. The fraction of sp³-hybridized carbons (Fsp3) is 0.304. The molecule has 2 aromatic carbocycles. The van der Waals surface area contributed by atoms with Crippen LogP contribution in [0.25, 0.3) is 11.3 Å². The Morgan fingerprint density at radius 2 is 1.77 bits per heavy atom. The maximum absolute atomic E-state index is 12.6. The van der Waals surface area contributed by atoms with Crippen LogP contribution < -0.4 is 14.8 Å². The molecule has 0 fully saturated rings. The largest absolute Gasteiger partial charge is 0.497 e. The Morgan fingerprint density at radius 3 is 2.37 bits per heavy atom. The molecule has 0 saturated heterocycles. The van der Waals surface area contributed by atoms with Gasteiger partial charge in [-0.25, -0.2) is 0 Å². The molecule has 0 aliphatic carbocycles. The lowest BCUT2D eigenvalue weighted by molar-refractivity contribution is 0.0933. The van der Waals surface area contributed by atoms with Gasteiger partial charge in [-0.05, 0) is 63.0 Å². The molecule has 1 aromatic heterocycles. The van der Waals surface area contributed by atoms with Crippen molar-refractivity contribution < 1.29 is 18.8 Å². The number of benzene rings is 2. The summed E-state index contributed by atoms with van der Waals surface area (Å²) in [7, 11) is 5.57. The molecule has 0 aliphatic heterocycles. The SMILES string of the molecule is CCOc1ccc([C@H](CNC(=O)c2cc(-c3ccc(OC)cc3)on2)N(C)C)cc1. The number of aromatic nitrogens is 1. The topological polar surface area (TPSA) is 76.8 Å². The molecule has 0 unspecified atom stereocenters. The van der Waals surface area contributed by atoms with Crippen LogP contribution in [0.15, 0.2) is 59.1 Å². The van der Waals surface area contributed by atoms with Crippen LogP contribution in [0.2, 0.25) is 0 Å². The fourth-order valence-electron chi connectivity index (χ4n) is 3.10. The van der Waals surface area contributed by atoms with Gasteiger partial charge < -0.3 is 24.2 Å². The van der Waals surface area contributed by atoms with Gasteiger partial charge in [-0.3, -0.25) is 4.79 Å². The Kier molecular flexibility index (Phi) is 7.08. The molecule has 1 heterocycles. The van der Waals surface area contributed by atoms with E-state index in [-0.39, 0.29) is 17.6 Å². The third-order valence-corrected chi connectivity index (χ3v) is 4.77. The quantitative estimate of drug-likeness (QED) is 0.580. The van der Waals surface area contributed by atoms with E-state index in [1.165, 1.54) is 0 Å². The van der Waals surface area contributed by atoms with Gasteiger partial charge in [-0.1, -0.05) is 17.3 Å². The third-order valence-electron chi connectivity index (χ3n) is 4.77. The monoisotopic (exact) mass is 409 g/mol. The van der Waals surface area contributed by atoms with E-state index in [0.717, 1.165) is 22.6 Å². The number of rotatable bonds is 9. The van der Waals surface area contributed by atoms with Crippen molar-refractivity contribution in [2.75, 3.05) is 34.4 Å². The van der Waals surface area contributed by atoms with Crippen molar-refractivity contribution in [2.24, 2.45) is 0 Å². The lowest BCUT2D eigenvalue weighted by atomic mass is 10.1. The van der Waals surface area contributed by atoms with E-state index in [2.05, 4.69) is 15.4 Å². The molecule has 158 valence electrons. The van der Waals surface area contributed by atoms with Crippen LogP contribution in [-0.4, -0.2) is 50.3 Å². The van der Waals surface area contributed by atoms with Crippen LogP contribution >= 0.6 is 0 Å². The van der Waals surface area contributed by atoms with Gasteiger partial charge in [0.15, 0.2) is 11.5 Å². The summed E-state index contributed by atoms with van der Waals surface area (Å²) in [4.78, 5) is 14.7. The summed E-state index contributed by atoms with van der Waals surface area (Å²) >= 11 is 0. The molecule has 1 N–H and O–H groups in total. The van der Waals surface area contributed by atoms with Crippen molar-refractivity contribution in [1.29, 1.82) is 0 Å². The number of hydrogen-bond acceptors (Lipinski definition) is 6. The van der Waals surface area contributed by atoms with E-state index in [1.54, 1.807) is 13.2 Å². The Labute approximate surface area is 176 Å². The van der Waals surface area contributed by atoms with Gasteiger partial charge in [-0.2, -0.15) is 0 Å². The van der Waals surface area contributed by atoms with E-state index in [1.807, 2.05) is 69.6 Å². The number of nitrogens with one attached hydrogen (secondary N) is 1. The molecular weight excluding hydrogens is 382 g/mol. The molecule has 0 spiro atoms. The smallest absolute Gasteiger partial charge is 0.273 e. The maximum Gasteiger partial charge on any atom is 0.273 e. The fourth-order valence-corrected chi connectivity index (χ4v) is 3.10. The van der Waals surface area contributed by atoms with E-state index >= 15 is 0 Å². The van der Waals surface area contributed by atoms with Crippen molar-refractivity contribution in [3.63, 3.8) is 0 Å². The molecule has 7 heteroatoms. The van der Waals surface area contributed by atoms with Crippen molar-refractivity contribution in [3.05, 3.63) is 65.9 Å². The highest BCUT2D eigenvalue weighted by molar-refractivity contribution is 5.93. The molecule has 3 rings (SSSR count). The molecule has 0 radical (unpaired) electrons. The molecule has 1 amide bonds. The number of nitrogens with zero attached hydrogens (tertiary/aromatic N) is 2. The summed E-state index contributed by atoms with van der Waals surface area (Å²) in [6.45, 7) is 3.02. The van der Waals surface area contributed by atoms with Gasteiger partial charge in [-0.15, -0.1) is 0 Å². The lowest BCUT2D eigenvalue weighted by Crippen LogP contribution is -2.34. The molecule has 0 saturated carbocycles. The average Bonchev–Trinajstić information content (AvgIpc) is 3.25. The first kappa shape index (κ1) is 21.4. The van der Waals surface area contributed by atoms with Gasteiger partial charge in [0.25, 0.3) is 5.91 Å². The number of carbonyl (C=O) groups excluding carboxylic acids is 1. The number of carbonyl (C=O) groups is 1. The summed E-state index contributed by atoms with van der Waals surface area (Å²) in [5, 5.41) is 6.86. The van der Waals surface area contributed by atoms with Crippen molar-refractivity contribution in [2.45, 2.75) is 13.0 Å². The minimum Gasteiger partial charge on any atom is -0.497 e. The number of likely N-dealkylation sites (N-methyl/N-ethyl adjacent to an activating group) is 1. The number of methoxy groups -OCH3 is 1. The predicted octanol–water partition coefficient (Wildman–Crippen LogP) is 3.78. The lowest BCUT2D eigenvalue weighted by Gasteiger charge is -2.25. The minimum absolute atomic E-state index is 0.0117. The second kappa shape index (κ2) is 9.93. The third kappa shape index (κ3) is 5.18. The highest BCUT2D eigenvalue weighted by Gasteiger charge is 2.18. The normalized spacial score (nSPS) is 11.9. The van der Waals surface area contributed by atoms with Gasteiger partial charge in [0.2, 0.25) is 0 Å². The van der Waals surface area contributed by atoms with E-state index < -0.39 is 0 Å². The molecule has 7 nitrogen and oxygen atoms in total. The summed E-state index contributed by atoms with van der Waals surface area (Å²) in [5.74, 6) is 1.83. The Balaban J connectivity index is 1.65. The van der Waals surface area contributed by atoms with Gasteiger partial charge in [0, 0.05) is 18.2 Å². The molecule has 30 heavy (non-hydrogen) atoms. The predicted molar refractivity (Wildman–Crippen MR) is 115 cm³/mol. The first-order valence-corrected chi connectivity index (χ1v) is 9.80. The van der Waals surface area contributed by atoms with Gasteiger partial charge in [0.05, 0.1) is 19.8 Å². The maximum atomic E-state index is 12.6. The minimum atomic E-state index is -0.281. The first-order valence-electron chi connectivity index (χ1n) is 9.80. The van der Waals surface area contributed by atoms with Crippen LogP contribution in [0, 0.1) is 0 Å². The molecule has 1 atom stereocenters. The molecule has 0 bridgehead atoms. The highest BCUT2D eigenvalue weighted by atomic mass is 16.5. The number of hydrogen-bond donors (Lipinski definition) is 1. The van der Waals surface area contributed by atoms with Crippen molar-refractivity contribution in [3.8, 4) is 22.8 Å². The van der Waals surface area contributed by atoms with Crippen LogP contribution in [0.4, 0.5) is 0 Å². The summed E-state index contributed by atoms with van der Waals surface area (Å²) < 4.78 is 16.0. The average molecular weight is 409 g/mol. The van der Waals surface area contributed by atoms with Crippen LogP contribution in [0.3, 0.4) is 0 Å². The summed E-state index contributed by atoms with van der Waals surface area (Å²) in [6.07, 6.45) is 0. The zero-order valence-corrected chi connectivity index (χ0v) is 17.7. The second-order valence-corrected chi connectivity index (χ2v) is 7.00. The molecule has 3 aromatic rings. The second-order valence-electron chi connectivity index (χ2n) is 7.00. The number of amides is 1. The van der Waals surface area contributed by atoms with Gasteiger partial charge in [0.1, 0.15) is 11.5 Å². The molecular formula is C23H27N3O4. The van der Waals surface area contributed by atoms with Crippen LogP contribution in [0.5, 0.6) is 11.5 Å². The van der Waals surface area contributed by atoms with E-state index in [0.29, 0.717) is 18.9 Å². The van der Waals surface area contributed by atoms with Crippen molar-refractivity contribution in [1.82, 2.24) is 15.4 Å². The Hall–Kier alpha value is -3.32. The van der Waals surface area contributed by atoms with E-state index in [9.17, 15) is 4.79 Å². The highest BCUT2D eigenvalue weighted by Crippen LogP contribution is 2.24. The molecule has 0 aliphatic rings. The van der Waals surface area contributed by atoms with Crippen LogP contribution in [0.1, 0.15) is 29.0 Å². The Morgan fingerprint density at radius 1 is 1.10 bits per heavy atom. The van der Waals surface area contributed by atoms with Crippen molar-refractivity contribution >= 4 is 5.91 Å². The summed E-state index contributed by atoms with van der Waals surface area (Å²) in [6, 6.07) is 16.9.